The minimum Gasteiger partial charge on any atom is -0.373 e. The monoisotopic (exact) mass is 458 g/mol. The number of carbonyl (C=O) groups is 1. The van der Waals surface area contributed by atoms with Gasteiger partial charge in [0.2, 0.25) is 0 Å². The maximum absolute atomic E-state index is 13.8. The molecule has 2 aromatic rings. The normalized spacial score (nSPS) is 24.3. The van der Waals surface area contributed by atoms with E-state index in [2.05, 4.69) is 23.8 Å². The summed E-state index contributed by atoms with van der Waals surface area (Å²) in [5.41, 5.74) is 2.83. The maximum Gasteiger partial charge on any atom is 0.274 e. The lowest BCUT2D eigenvalue weighted by Crippen LogP contribution is -2.48. The molecule has 5 rings (SSSR count). The number of amides is 1. The molecule has 0 radical (unpaired) electrons. The van der Waals surface area contributed by atoms with Crippen LogP contribution in [0, 0.1) is 17.6 Å². The molecule has 2 unspecified atom stereocenters. The Balaban J connectivity index is 1.26. The van der Waals surface area contributed by atoms with Gasteiger partial charge in [0, 0.05) is 50.0 Å². The number of aromatic nitrogens is 2. The van der Waals surface area contributed by atoms with E-state index in [0.717, 1.165) is 88.2 Å². The molecule has 178 valence electrons. The smallest absolute Gasteiger partial charge is 0.274 e. The summed E-state index contributed by atoms with van der Waals surface area (Å²) < 4.78 is 34.7. The van der Waals surface area contributed by atoms with Gasteiger partial charge in [-0.05, 0) is 64.0 Å². The Morgan fingerprint density at radius 1 is 1.09 bits per heavy atom. The molecule has 1 aromatic carbocycles. The van der Waals surface area contributed by atoms with Gasteiger partial charge in [0.15, 0.2) is 17.3 Å². The van der Waals surface area contributed by atoms with Gasteiger partial charge in [-0.1, -0.05) is 0 Å². The van der Waals surface area contributed by atoms with Crippen molar-refractivity contribution in [3.8, 4) is 5.69 Å². The second-order valence-electron chi connectivity index (χ2n) is 9.85. The second-order valence-corrected chi connectivity index (χ2v) is 9.85. The summed E-state index contributed by atoms with van der Waals surface area (Å²) in [5.74, 6) is -1.25. The van der Waals surface area contributed by atoms with Gasteiger partial charge in [-0.3, -0.25) is 9.69 Å². The summed E-state index contributed by atoms with van der Waals surface area (Å²) in [6.07, 6.45) is 5.02. The molecule has 1 aromatic heterocycles. The predicted octanol–water partition coefficient (Wildman–Crippen LogP) is 3.60. The number of carbonyl (C=O) groups excluding carboxylic acids is 1. The molecule has 3 heterocycles. The van der Waals surface area contributed by atoms with Gasteiger partial charge in [0.1, 0.15) is 0 Å². The van der Waals surface area contributed by atoms with E-state index >= 15 is 0 Å². The standard InChI is InChI=1S/C25H32F2N4O2/c1-16-13-29(14-17(2)33-16)15-18-8-10-30(11-9-18)25(32)24-20-4-3-5-23(20)31(28-24)19-6-7-21(26)22(27)12-19/h6-7,12,16-18H,3-5,8-11,13-15H2,1-2H3. The minimum absolute atomic E-state index is 0.0402. The van der Waals surface area contributed by atoms with Gasteiger partial charge in [-0.25, -0.2) is 13.5 Å². The van der Waals surface area contributed by atoms with Gasteiger partial charge < -0.3 is 9.64 Å². The Labute approximate surface area is 193 Å². The van der Waals surface area contributed by atoms with Gasteiger partial charge in [-0.2, -0.15) is 5.10 Å². The molecular formula is C25H32F2N4O2. The zero-order valence-corrected chi connectivity index (χ0v) is 19.4. The Bertz CT molecular complexity index is 1020. The zero-order valence-electron chi connectivity index (χ0n) is 19.4. The van der Waals surface area contributed by atoms with Gasteiger partial charge in [0.05, 0.1) is 17.9 Å². The quantitative estimate of drug-likeness (QED) is 0.703. The summed E-state index contributed by atoms with van der Waals surface area (Å²) in [6.45, 7) is 8.70. The van der Waals surface area contributed by atoms with Crippen LogP contribution in [0.2, 0.25) is 0 Å². The number of benzene rings is 1. The Morgan fingerprint density at radius 3 is 2.52 bits per heavy atom. The highest BCUT2D eigenvalue weighted by Gasteiger charge is 2.32. The summed E-state index contributed by atoms with van der Waals surface area (Å²) >= 11 is 0. The molecule has 2 atom stereocenters. The van der Waals surface area contributed by atoms with Crippen molar-refractivity contribution >= 4 is 5.91 Å². The van der Waals surface area contributed by atoms with Crippen LogP contribution in [-0.4, -0.2) is 70.4 Å². The average molecular weight is 459 g/mol. The molecule has 8 heteroatoms. The number of hydrogen-bond donors (Lipinski definition) is 0. The van der Waals surface area contributed by atoms with E-state index in [1.165, 1.54) is 6.07 Å². The van der Waals surface area contributed by atoms with Crippen LogP contribution >= 0.6 is 0 Å². The number of ether oxygens (including phenoxy) is 1. The molecule has 0 N–H and O–H groups in total. The molecule has 2 aliphatic heterocycles. The van der Waals surface area contributed by atoms with Crippen molar-refractivity contribution < 1.29 is 18.3 Å². The van der Waals surface area contributed by atoms with Crippen LogP contribution < -0.4 is 0 Å². The summed E-state index contributed by atoms with van der Waals surface area (Å²) in [7, 11) is 0. The number of fused-ring (bicyclic) bond motifs is 1. The molecule has 1 aliphatic carbocycles. The van der Waals surface area contributed by atoms with E-state index in [1.807, 2.05) is 4.90 Å². The topological polar surface area (TPSA) is 50.6 Å². The first-order chi connectivity index (χ1) is 15.9. The van der Waals surface area contributed by atoms with Crippen LogP contribution in [-0.2, 0) is 17.6 Å². The van der Waals surface area contributed by atoms with Crippen LogP contribution in [0.4, 0.5) is 8.78 Å². The molecule has 3 aliphatic rings. The number of nitrogens with zero attached hydrogens (tertiary/aromatic N) is 4. The highest BCUT2D eigenvalue weighted by Crippen LogP contribution is 2.30. The number of rotatable bonds is 4. The van der Waals surface area contributed by atoms with Crippen LogP contribution in [0.5, 0.6) is 0 Å². The predicted molar refractivity (Wildman–Crippen MR) is 121 cm³/mol. The molecular weight excluding hydrogens is 426 g/mol. The average Bonchev–Trinajstić information content (AvgIpc) is 3.38. The lowest BCUT2D eigenvalue weighted by atomic mass is 9.95. The third kappa shape index (κ3) is 4.55. The molecule has 2 saturated heterocycles. The van der Waals surface area contributed by atoms with E-state index in [9.17, 15) is 13.6 Å². The van der Waals surface area contributed by atoms with Crippen molar-refractivity contribution in [2.75, 3.05) is 32.7 Å². The number of piperidine rings is 1. The second kappa shape index (κ2) is 9.14. The first-order valence-electron chi connectivity index (χ1n) is 12.1. The highest BCUT2D eigenvalue weighted by molar-refractivity contribution is 5.94. The number of likely N-dealkylation sites (tertiary alicyclic amines) is 1. The molecule has 2 fully saturated rings. The SMILES string of the molecule is CC1CN(CC2CCN(C(=O)c3nn(-c4ccc(F)c(F)c4)c4c3CCC4)CC2)CC(C)O1. The van der Waals surface area contributed by atoms with Crippen molar-refractivity contribution in [2.24, 2.45) is 5.92 Å². The van der Waals surface area contributed by atoms with Crippen LogP contribution in [0.3, 0.4) is 0 Å². The van der Waals surface area contributed by atoms with Crippen LogP contribution in [0.25, 0.3) is 5.69 Å². The Kier molecular flexibility index (Phi) is 6.22. The summed E-state index contributed by atoms with van der Waals surface area (Å²) in [4.78, 5) is 17.8. The lowest BCUT2D eigenvalue weighted by Gasteiger charge is -2.39. The van der Waals surface area contributed by atoms with E-state index in [1.54, 1.807) is 4.68 Å². The summed E-state index contributed by atoms with van der Waals surface area (Å²) in [6, 6.07) is 3.76. The Hall–Kier alpha value is -2.32. The van der Waals surface area contributed by atoms with E-state index in [0.29, 0.717) is 17.3 Å². The van der Waals surface area contributed by atoms with Gasteiger partial charge >= 0.3 is 0 Å². The fourth-order valence-electron chi connectivity index (χ4n) is 5.71. The van der Waals surface area contributed by atoms with Crippen molar-refractivity contribution in [1.29, 1.82) is 0 Å². The van der Waals surface area contributed by atoms with Crippen molar-refractivity contribution in [3.63, 3.8) is 0 Å². The first kappa shape index (κ1) is 22.5. The first-order valence-corrected chi connectivity index (χ1v) is 12.1. The third-order valence-electron chi connectivity index (χ3n) is 7.19. The molecule has 0 spiro atoms. The fourth-order valence-corrected chi connectivity index (χ4v) is 5.71. The zero-order chi connectivity index (χ0) is 23.1. The van der Waals surface area contributed by atoms with Crippen molar-refractivity contribution in [3.05, 3.63) is 46.8 Å². The van der Waals surface area contributed by atoms with Crippen LogP contribution in [0.1, 0.15) is 54.9 Å². The minimum atomic E-state index is -0.909. The van der Waals surface area contributed by atoms with E-state index in [4.69, 9.17) is 4.74 Å². The number of halogens is 2. The van der Waals surface area contributed by atoms with Gasteiger partial charge in [-0.15, -0.1) is 0 Å². The third-order valence-corrected chi connectivity index (χ3v) is 7.19. The van der Waals surface area contributed by atoms with E-state index < -0.39 is 11.6 Å². The molecule has 1 amide bonds. The maximum atomic E-state index is 13.8. The lowest BCUT2D eigenvalue weighted by molar-refractivity contribution is -0.0728. The van der Waals surface area contributed by atoms with E-state index in [-0.39, 0.29) is 18.1 Å². The highest BCUT2D eigenvalue weighted by atomic mass is 19.2. The molecule has 0 saturated carbocycles. The van der Waals surface area contributed by atoms with Crippen LogP contribution in [0.15, 0.2) is 18.2 Å². The summed E-state index contributed by atoms with van der Waals surface area (Å²) in [5, 5.41) is 4.59. The van der Waals surface area contributed by atoms with Crippen molar-refractivity contribution in [1.82, 2.24) is 19.6 Å². The van der Waals surface area contributed by atoms with Gasteiger partial charge in [0.25, 0.3) is 5.91 Å². The molecule has 0 bridgehead atoms. The Morgan fingerprint density at radius 2 is 1.82 bits per heavy atom. The fraction of sp³-hybridized carbons (Fsp3) is 0.600. The largest absolute Gasteiger partial charge is 0.373 e. The molecule has 6 nitrogen and oxygen atoms in total. The number of morpholine rings is 1. The van der Waals surface area contributed by atoms with Crippen molar-refractivity contribution in [2.45, 2.75) is 58.2 Å². The number of hydrogen-bond acceptors (Lipinski definition) is 4. The molecule has 33 heavy (non-hydrogen) atoms.